The van der Waals surface area contributed by atoms with Crippen LogP contribution in [0.4, 0.5) is 5.69 Å². The van der Waals surface area contributed by atoms with E-state index in [1.54, 1.807) is 38.1 Å². The summed E-state index contributed by atoms with van der Waals surface area (Å²) in [5.74, 6) is -0.631. The van der Waals surface area contributed by atoms with Gasteiger partial charge in [0.25, 0.3) is 5.91 Å². The molecular weight excluding hydrogens is 749 g/mol. The molecule has 5 N–H and O–H groups in total. The summed E-state index contributed by atoms with van der Waals surface area (Å²) in [4.78, 5) is 53.0. The standard InChI is InChI=1S/C45H63Cl2N3O6/c1-25(2)35-31(51)23-45(38(49-22-21-48)37(47)39(53)50-28-11-9-27(46)10-12-28)20-19-43(7)30(36(35)45)13-14-33-42(6)17-16-32(26(3)29(42)15-18-44(33,43)8)56-34(52)24-41(4,5)40(54)55/h9-12,25-26,29-30,32-33,49H,13-24,48H2,1-8H3,(H,50,53)(H,54,55)/b38-37+/t26-,29?,30-,32+,33?,42+,43-,44-,45-/m1/s1. The Morgan fingerprint density at radius 2 is 1.68 bits per heavy atom. The van der Waals surface area contributed by atoms with Crippen LogP contribution in [0.1, 0.15) is 120 Å². The van der Waals surface area contributed by atoms with Gasteiger partial charge in [-0.15, -0.1) is 0 Å². The van der Waals surface area contributed by atoms with Crippen LogP contribution in [0.3, 0.4) is 0 Å². The van der Waals surface area contributed by atoms with Crippen LogP contribution < -0.4 is 16.4 Å². The Morgan fingerprint density at radius 1 is 1.00 bits per heavy atom. The van der Waals surface area contributed by atoms with Gasteiger partial charge >= 0.3 is 11.9 Å². The minimum Gasteiger partial charge on any atom is -0.481 e. The second kappa shape index (κ2) is 15.4. The number of anilines is 1. The van der Waals surface area contributed by atoms with Gasteiger partial charge in [-0.2, -0.15) is 0 Å². The number of hydrogen-bond acceptors (Lipinski definition) is 7. The topological polar surface area (TPSA) is 148 Å². The van der Waals surface area contributed by atoms with Gasteiger partial charge in [0.2, 0.25) is 0 Å². The van der Waals surface area contributed by atoms with E-state index in [2.05, 4.69) is 52.2 Å². The highest BCUT2D eigenvalue weighted by Crippen LogP contribution is 2.76. The van der Waals surface area contributed by atoms with Crippen LogP contribution in [-0.4, -0.2) is 47.9 Å². The van der Waals surface area contributed by atoms with E-state index in [9.17, 15) is 24.3 Å². The van der Waals surface area contributed by atoms with Gasteiger partial charge in [0, 0.05) is 41.3 Å². The first-order chi connectivity index (χ1) is 26.2. The molecule has 0 bridgehead atoms. The summed E-state index contributed by atoms with van der Waals surface area (Å²) in [5.41, 5.74) is 7.31. The fourth-order valence-electron chi connectivity index (χ4n) is 12.8. The van der Waals surface area contributed by atoms with E-state index < -0.39 is 28.7 Å². The van der Waals surface area contributed by atoms with Gasteiger partial charge in [-0.1, -0.05) is 64.7 Å². The monoisotopic (exact) mass is 811 g/mol. The minimum absolute atomic E-state index is 0.0119. The Balaban J connectivity index is 1.34. The van der Waals surface area contributed by atoms with E-state index in [4.69, 9.17) is 33.7 Å². The summed E-state index contributed by atoms with van der Waals surface area (Å²) in [7, 11) is 0. The van der Waals surface area contributed by atoms with Crippen LogP contribution in [0.15, 0.2) is 46.1 Å². The molecule has 2 unspecified atom stereocenters. The van der Waals surface area contributed by atoms with Crippen molar-refractivity contribution in [3.63, 3.8) is 0 Å². The molecule has 5 aliphatic rings. The number of allylic oxidation sites excluding steroid dienone is 2. The SMILES string of the molecule is CC(C)C1=C2[C@H]3CCC4[C@@]5(C)CC[C@H](OC(=O)CC(C)(C)C(=O)O)[C@H](C)C5CC[C@@]4(C)[C@]3(C)CC[C@@]2(/C(NCCN)=C(\Cl)C(=O)Nc2ccc(Cl)cc2)CC1=O. The fraction of sp³-hybridized carbons (Fsp3) is 0.689. The van der Waals surface area contributed by atoms with E-state index >= 15 is 0 Å². The highest BCUT2D eigenvalue weighted by molar-refractivity contribution is 6.44. The lowest BCUT2D eigenvalue weighted by atomic mass is 9.34. The lowest BCUT2D eigenvalue weighted by Crippen LogP contribution is -2.64. The molecule has 1 aromatic rings. The third-order valence-corrected chi connectivity index (χ3v) is 16.5. The van der Waals surface area contributed by atoms with Crippen molar-refractivity contribution < 1.29 is 29.0 Å². The number of rotatable bonds is 11. The van der Waals surface area contributed by atoms with Crippen molar-refractivity contribution in [1.82, 2.24) is 5.32 Å². The zero-order valence-corrected chi connectivity index (χ0v) is 36.1. The number of carboxylic acids is 1. The van der Waals surface area contributed by atoms with Crippen molar-refractivity contribution in [1.29, 1.82) is 0 Å². The number of nitrogens with two attached hydrogens (primary N) is 1. The minimum atomic E-state index is -1.18. The number of carboxylic acid groups (broad SMARTS) is 1. The average Bonchev–Trinajstić information content (AvgIpc) is 3.43. The van der Waals surface area contributed by atoms with Gasteiger partial charge in [-0.3, -0.25) is 19.2 Å². The van der Waals surface area contributed by atoms with Gasteiger partial charge < -0.3 is 26.2 Å². The van der Waals surface area contributed by atoms with Crippen molar-refractivity contribution in [3.8, 4) is 0 Å². The Labute approximate surface area is 343 Å². The van der Waals surface area contributed by atoms with Crippen molar-refractivity contribution in [3.05, 3.63) is 51.2 Å². The van der Waals surface area contributed by atoms with Crippen LogP contribution in [0.5, 0.6) is 0 Å². The maximum absolute atomic E-state index is 14.4. The lowest BCUT2D eigenvalue weighted by Gasteiger charge is -2.71. The molecule has 0 radical (unpaired) electrons. The number of carbonyl (C=O) groups is 4. The van der Waals surface area contributed by atoms with Crippen molar-refractivity contribution >= 4 is 52.5 Å². The maximum atomic E-state index is 14.4. The summed E-state index contributed by atoms with van der Waals surface area (Å²) >= 11 is 13.3. The normalized spacial score (nSPS) is 35.8. The largest absolute Gasteiger partial charge is 0.481 e. The van der Waals surface area contributed by atoms with E-state index in [0.29, 0.717) is 47.8 Å². The molecule has 56 heavy (non-hydrogen) atoms. The maximum Gasteiger partial charge on any atom is 0.309 e. The smallest absolute Gasteiger partial charge is 0.309 e. The van der Waals surface area contributed by atoms with Crippen molar-refractivity contribution in [2.45, 2.75) is 126 Å². The number of carbonyl (C=O) groups excluding carboxylic acids is 3. The third-order valence-electron chi connectivity index (χ3n) is 15.9. The van der Waals surface area contributed by atoms with Crippen molar-refractivity contribution in [2.24, 2.45) is 62.4 Å². The molecular formula is C45H63Cl2N3O6. The van der Waals surface area contributed by atoms with E-state index in [-0.39, 0.29) is 63.8 Å². The molecule has 1 aromatic carbocycles. The highest BCUT2D eigenvalue weighted by Gasteiger charge is 2.69. The molecule has 6 rings (SSSR count). The summed E-state index contributed by atoms with van der Waals surface area (Å²) in [6.45, 7) is 17.8. The number of esters is 1. The van der Waals surface area contributed by atoms with Crippen LogP contribution >= 0.6 is 23.2 Å². The summed E-state index contributed by atoms with van der Waals surface area (Å²) in [5, 5.41) is 16.7. The number of fused-ring (bicyclic) bond motifs is 7. The zero-order chi connectivity index (χ0) is 41.2. The molecule has 4 fully saturated rings. The second-order valence-corrected chi connectivity index (χ2v) is 20.3. The van der Waals surface area contributed by atoms with Gasteiger partial charge in [0.05, 0.1) is 11.8 Å². The van der Waals surface area contributed by atoms with Crippen LogP contribution in [-0.2, 0) is 23.9 Å². The fourth-order valence-corrected chi connectivity index (χ4v) is 13.2. The predicted octanol–water partition coefficient (Wildman–Crippen LogP) is 9.28. The summed E-state index contributed by atoms with van der Waals surface area (Å²) in [6.07, 6.45) is 7.20. The molecule has 5 aliphatic carbocycles. The number of amides is 1. The van der Waals surface area contributed by atoms with Gasteiger partial charge in [-0.05, 0) is 146 Å². The van der Waals surface area contributed by atoms with Crippen molar-refractivity contribution in [2.75, 3.05) is 18.4 Å². The molecule has 9 atom stereocenters. The van der Waals surface area contributed by atoms with E-state index in [1.165, 1.54) is 5.57 Å². The van der Waals surface area contributed by atoms with E-state index in [1.807, 2.05) is 0 Å². The molecule has 9 nitrogen and oxygen atoms in total. The first-order valence-corrected chi connectivity index (χ1v) is 21.5. The first-order valence-electron chi connectivity index (χ1n) is 20.8. The molecule has 0 spiro atoms. The summed E-state index contributed by atoms with van der Waals surface area (Å²) < 4.78 is 6.07. The molecule has 308 valence electrons. The highest BCUT2D eigenvalue weighted by atomic mass is 35.5. The Hall–Kier alpha value is -2.88. The number of ketones is 1. The number of aliphatic carboxylic acids is 1. The Kier molecular flexibility index (Phi) is 11.7. The van der Waals surface area contributed by atoms with E-state index in [0.717, 1.165) is 50.5 Å². The molecule has 11 heteroatoms. The molecule has 0 heterocycles. The molecule has 1 amide bonds. The molecule has 0 aromatic heterocycles. The molecule has 0 saturated heterocycles. The average molecular weight is 813 g/mol. The lowest BCUT2D eigenvalue weighted by molar-refractivity contribution is -0.215. The number of Topliss-reactive ketones (excluding diaryl/α,β-unsaturated/α-hetero) is 1. The number of benzene rings is 1. The summed E-state index contributed by atoms with van der Waals surface area (Å²) in [6, 6.07) is 6.90. The van der Waals surface area contributed by atoms with Crippen LogP contribution in [0.2, 0.25) is 5.02 Å². The van der Waals surface area contributed by atoms with Crippen LogP contribution in [0, 0.1) is 56.7 Å². The number of nitrogens with one attached hydrogen (secondary N) is 2. The third kappa shape index (κ3) is 6.93. The Morgan fingerprint density at radius 3 is 2.30 bits per heavy atom. The van der Waals surface area contributed by atoms with Gasteiger partial charge in [0.15, 0.2) is 5.78 Å². The molecule has 0 aliphatic heterocycles. The number of hydrogen-bond donors (Lipinski definition) is 4. The Bertz CT molecular complexity index is 1820. The van der Waals surface area contributed by atoms with Crippen LogP contribution in [0.25, 0.3) is 0 Å². The van der Waals surface area contributed by atoms with Gasteiger partial charge in [0.1, 0.15) is 11.1 Å². The van der Waals surface area contributed by atoms with Gasteiger partial charge in [-0.25, -0.2) is 0 Å². The predicted molar refractivity (Wildman–Crippen MR) is 221 cm³/mol. The zero-order valence-electron chi connectivity index (χ0n) is 34.6. The molecule has 4 saturated carbocycles. The second-order valence-electron chi connectivity index (χ2n) is 19.5. The number of ether oxygens (including phenoxy) is 1. The first kappa shape index (κ1) is 42.7. The quantitative estimate of drug-likeness (QED) is 0.128. The number of halogens is 2.